The van der Waals surface area contributed by atoms with Crippen molar-refractivity contribution in [2.24, 2.45) is 11.8 Å². The zero-order chi connectivity index (χ0) is 21.5. The van der Waals surface area contributed by atoms with E-state index in [1.165, 1.54) is 25.7 Å². The Bertz CT molecular complexity index is 842. The third-order valence-electron chi connectivity index (χ3n) is 6.69. The van der Waals surface area contributed by atoms with E-state index in [2.05, 4.69) is 97.9 Å². The van der Waals surface area contributed by atoms with Gasteiger partial charge in [-0.2, -0.15) is 0 Å². The van der Waals surface area contributed by atoms with Crippen LogP contribution in [0.2, 0.25) is 0 Å². The van der Waals surface area contributed by atoms with Crippen LogP contribution >= 0.6 is 0 Å². The molecule has 1 aliphatic rings. The molecule has 0 aliphatic heterocycles. The zero-order valence-corrected chi connectivity index (χ0v) is 19.5. The summed E-state index contributed by atoms with van der Waals surface area (Å²) in [6.45, 7) is 8.59. The van der Waals surface area contributed by atoms with Gasteiger partial charge >= 0.3 is 18.9 Å². The number of benzene rings is 3. The maximum atomic E-state index is 7.10. The molecule has 1 aliphatic carbocycles. The van der Waals surface area contributed by atoms with E-state index in [0.29, 0.717) is 5.92 Å². The van der Waals surface area contributed by atoms with Crippen LogP contribution in [0.1, 0.15) is 55.7 Å². The number of ether oxygens (including phenoxy) is 1. The third-order valence-corrected chi connectivity index (χ3v) is 6.69. The molecule has 1 fully saturated rings. The average molecular weight is 417 g/mol. The first-order chi connectivity index (χ1) is 15.2. The topological polar surface area (TPSA) is 9.23 Å². The standard InChI is InChI=1S/C30H33O.Li/c1-3-29(23-25-15-13-14-24(2)22-25)31-30(26-16-7-4-8-17-26,27-18-9-5-10-19-27)28-20-11-6-12-21-28;/h1,3-12,16-21,24-25,29H,13-15,22-23H2,2H3;/q-1;+1. The Morgan fingerprint density at radius 1 is 0.844 bits per heavy atom. The second-order valence-corrected chi connectivity index (χ2v) is 9.00. The van der Waals surface area contributed by atoms with E-state index in [-0.39, 0.29) is 25.0 Å². The fraction of sp³-hybridized carbons (Fsp3) is 0.333. The van der Waals surface area contributed by atoms with Crippen molar-refractivity contribution in [3.05, 3.63) is 120 Å². The van der Waals surface area contributed by atoms with E-state index in [0.717, 1.165) is 29.0 Å². The van der Waals surface area contributed by atoms with E-state index in [1.54, 1.807) is 6.08 Å². The van der Waals surface area contributed by atoms with Gasteiger partial charge in [0.15, 0.2) is 0 Å². The molecular formula is C30H33LiO. The van der Waals surface area contributed by atoms with Crippen molar-refractivity contribution in [1.82, 2.24) is 0 Å². The van der Waals surface area contributed by atoms with Crippen molar-refractivity contribution in [3.63, 3.8) is 0 Å². The van der Waals surface area contributed by atoms with Gasteiger partial charge in [-0.25, -0.2) is 6.08 Å². The molecule has 4 rings (SSSR count). The van der Waals surface area contributed by atoms with Crippen LogP contribution in [-0.4, -0.2) is 6.10 Å². The Hall–Kier alpha value is -2.04. The molecule has 1 saturated carbocycles. The normalized spacial score (nSPS) is 19.5. The quantitative estimate of drug-likeness (QED) is 0.297. The molecule has 0 bridgehead atoms. The van der Waals surface area contributed by atoms with Crippen LogP contribution in [0.5, 0.6) is 0 Å². The molecule has 0 saturated heterocycles. The van der Waals surface area contributed by atoms with E-state index in [9.17, 15) is 0 Å². The molecule has 3 atom stereocenters. The van der Waals surface area contributed by atoms with Gasteiger partial charge in [-0.3, -0.25) is 0 Å². The Labute approximate surface area is 206 Å². The summed E-state index contributed by atoms with van der Waals surface area (Å²) in [6.07, 6.45) is 7.80. The maximum absolute atomic E-state index is 7.10. The van der Waals surface area contributed by atoms with Crippen LogP contribution in [0.25, 0.3) is 0 Å². The molecule has 0 heterocycles. The van der Waals surface area contributed by atoms with E-state index >= 15 is 0 Å². The minimum atomic E-state index is -0.718. The molecule has 2 heteroatoms. The molecule has 0 N–H and O–H groups in total. The summed E-state index contributed by atoms with van der Waals surface area (Å²) < 4.78 is 7.10. The zero-order valence-electron chi connectivity index (χ0n) is 19.5. The van der Waals surface area contributed by atoms with Gasteiger partial charge in [0, 0.05) is 6.10 Å². The van der Waals surface area contributed by atoms with Gasteiger partial charge in [0.1, 0.15) is 5.60 Å². The smallest absolute Gasteiger partial charge is 0.515 e. The van der Waals surface area contributed by atoms with Gasteiger partial charge in [-0.05, 0) is 41.4 Å². The van der Waals surface area contributed by atoms with Gasteiger partial charge < -0.3 is 11.3 Å². The summed E-state index contributed by atoms with van der Waals surface area (Å²) in [6, 6.07) is 31.7. The van der Waals surface area contributed by atoms with Gasteiger partial charge in [-0.1, -0.05) is 117 Å². The molecule has 3 aromatic carbocycles. The summed E-state index contributed by atoms with van der Waals surface area (Å²) in [7, 11) is 0. The van der Waals surface area contributed by atoms with Crippen LogP contribution in [0.4, 0.5) is 0 Å². The molecule has 0 radical (unpaired) electrons. The second-order valence-electron chi connectivity index (χ2n) is 9.00. The number of hydrogen-bond donors (Lipinski definition) is 0. The van der Waals surface area contributed by atoms with E-state index in [1.807, 2.05) is 0 Å². The predicted molar refractivity (Wildman–Crippen MR) is 129 cm³/mol. The molecule has 1 nitrogen and oxygen atoms in total. The van der Waals surface area contributed by atoms with Crippen LogP contribution in [-0.2, 0) is 10.3 Å². The van der Waals surface area contributed by atoms with Gasteiger partial charge in [0.05, 0.1) is 0 Å². The van der Waals surface area contributed by atoms with Crippen LogP contribution in [0.3, 0.4) is 0 Å². The van der Waals surface area contributed by atoms with Crippen molar-refractivity contribution >= 4 is 0 Å². The monoisotopic (exact) mass is 416 g/mol. The van der Waals surface area contributed by atoms with Crippen molar-refractivity contribution in [2.45, 2.75) is 50.7 Å². The van der Waals surface area contributed by atoms with Gasteiger partial charge in [0.25, 0.3) is 0 Å². The summed E-state index contributed by atoms with van der Waals surface area (Å²) in [4.78, 5) is 0. The predicted octanol–water partition coefficient (Wildman–Crippen LogP) is 4.57. The molecule has 3 aromatic rings. The fourth-order valence-corrected chi connectivity index (χ4v) is 5.22. The minimum Gasteiger partial charge on any atom is -0.515 e. The first-order valence-electron chi connectivity index (χ1n) is 11.6. The van der Waals surface area contributed by atoms with Gasteiger partial charge in [0.2, 0.25) is 0 Å². The fourth-order valence-electron chi connectivity index (χ4n) is 5.22. The number of hydrogen-bond acceptors (Lipinski definition) is 1. The summed E-state index contributed by atoms with van der Waals surface area (Å²) in [5, 5.41) is 0. The molecular weight excluding hydrogens is 383 g/mol. The Morgan fingerprint density at radius 2 is 1.31 bits per heavy atom. The first-order valence-corrected chi connectivity index (χ1v) is 11.6. The molecule has 160 valence electrons. The summed E-state index contributed by atoms with van der Waals surface area (Å²) >= 11 is 0. The largest absolute Gasteiger partial charge is 1.00 e. The SMILES string of the molecule is [CH-]=CC(CC1CCCC(C)C1)OC(c1ccccc1)(c1ccccc1)c1ccccc1.[Li+]. The maximum Gasteiger partial charge on any atom is 1.00 e. The average Bonchev–Trinajstić information content (AvgIpc) is 2.83. The Balaban J connectivity index is 0.00000289. The van der Waals surface area contributed by atoms with E-state index < -0.39 is 5.60 Å². The molecule has 0 aromatic heterocycles. The molecule has 32 heavy (non-hydrogen) atoms. The summed E-state index contributed by atoms with van der Waals surface area (Å²) in [5.41, 5.74) is 2.65. The van der Waals surface area contributed by atoms with Crippen molar-refractivity contribution in [2.75, 3.05) is 0 Å². The van der Waals surface area contributed by atoms with Crippen LogP contribution in [0.15, 0.2) is 97.1 Å². The van der Waals surface area contributed by atoms with Crippen LogP contribution < -0.4 is 18.9 Å². The first kappa shape index (κ1) is 24.6. The van der Waals surface area contributed by atoms with Crippen molar-refractivity contribution < 1.29 is 23.6 Å². The molecule has 3 unspecified atom stereocenters. The molecule has 0 spiro atoms. The summed E-state index contributed by atoms with van der Waals surface area (Å²) in [5.74, 6) is 1.45. The molecule has 0 amide bonds. The van der Waals surface area contributed by atoms with Gasteiger partial charge in [-0.15, -0.1) is 0 Å². The number of rotatable bonds is 8. The third kappa shape index (κ3) is 5.47. The minimum absolute atomic E-state index is 0. The van der Waals surface area contributed by atoms with Crippen LogP contribution in [0, 0.1) is 18.4 Å². The second kappa shape index (κ2) is 11.7. The van der Waals surface area contributed by atoms with Crippen molar-refractivity contribution in [3.8, 4) is 0 Å². The van der Waals surface area contributed by atoms with E-state index in [4.69, 9.17) is 11.3 Å². The Kier molecular flexibility index (Phi) is 9.00. The Morgan fingerprint density at radius 3 is 1.72 bits per heavy atom. The van der Waals surface area contributed by atoms with Crippen molar-refractivity contribution in [1.29, 1.82) is 0 Å².